The maximum absolute atomic E-state index is 14.3. The van der Waals surface area contributed by atoms with Crippen molar-refractivity contribution in [3.05, 3.63) is 65.7 Å². The van der Waals surface area contributed by atoms with E-state index in [0.29, 0.717) is 68.4 Å². The number of rotatable bonds is 33. The number of unbranched alkanes of at least 4 members (excludes halogenated alkanes) is 2. The Bertz CT molecular complexity index is 2520. The van der Waals surface area contributed by atoms with Crippen LogP contribution in [0.25, 0.3) is 0 Å². The molecule has 10 amide bonds. The lowest BCUT2D eigenvalue weighted by Gasteiger charge is -2.39. The summed E-state index contributed by atoms with van der Waals surface area (Å²) in [5, 5.41) is 24.5. The average molecular weight is 1180 g/mol. The Morgan fingerprint density at radius 2 is 1.38 bits per heavy atom. The first kappa shape index (κ1) is 69.5. The molecule has 2 heterocycles. The smallest absolute Gasteiger partial charge is 0.410 e. The number of likely N-dealkylation sites (tertiary alicyclic amines) is 2. The summed E-state index contributed by atoms with van der Waals surface area (Å²) in [6, 6.07) is 12.0. The van der Waals surface area contributed by atoms with Crippen molar-refractivity contribution in [2.75, 3.05) is 59.8 Å². The fraction of sp³-hybridized carbons (Fsp3) is 0.639. The van der Waals surface area contributed by atoms with E-state index < -0.39 is 96.6 Å². The van der Waals surface area contributed by atoms with Crippen molar-refractivity contribution in [3.63, 3.8) is 0 Å². The summed E-state index contributed by atoms with van der Waals surface area (Å²) < 4.78 is 17.5. The van der Waals surface area contributed by atoms with Crippen molar-refractivity contribution in [1.82, 2.24) is 40.9 Å². The number of amides is 10. The van der Waals surface area contributed by atoms with Crippen LogP contribution >= 0.6 is 0 Å². The predicted molar refractivity (Wildman–Crippen MR) is 314 cm³/mol. The molecule has 4 rings (SSSR count). The monoisotopic (exact) mass is 1180 g/mol. The van der Waals surface area contributed by atoms with Crippen LogP contribution in [-0.2, 0) is 64.0 Å². The highest BCUT2D eigenvalue weighted by molar-refractivity contribution is 6.02. The maximum atomic E-state index is 14.3. The second kappa shape index (κ2) is 34.1. The zero-order valence-electron chi connectivity index (χ0n) is 51.3. The van der Waals surface area contributed by atoms with Crippen molar-refractivity contribution in [1.29, 1.82) is 0 Å². The molecule has 466 valence electrons. The number of anilines is 1. The highest BCUT2D eigenvalue weighted by atomic mass is 16.6. The maximum Gasteiger partial charge on any atom is 0.410 e. The third-order valence-electron chi connectivity index (χ3n) is 16.0. The summed E-state index contributed by atoms with van der Waals surface area (Å²) in [5.41, 5.74) is 1.65. The first-order valence-corrected chi connectivity index (χ1v) is 29.5. The summed E-state index contributed by atoms with van der Waals surface area (Å²) in [5.74, 6) is -4.76. The van der Waals surface area contributed by atoms with E-state index in [1.165, 1.54) is 31.1 Å². The fourth-order valence-corrected chi connectivity index (χ4v) is 10.9. The average Bonchev–Trinajstić information content (AvgIpc) is 4.24. The molecule has 2 fully saturated rings. The van der Waals surface area contributed by atoms with E-state index in [1.807, 2.05) is 32.0 Å². The normalized spacial score (nSPS) is 17.5. The summed E-state index contributed by atoms with van der Waals surface area (Å²) in [6.45, 7) is 14.3. The van der Waals surface area contributed by atoms with Crippen LogP contribution in [-0.4, -0.2) is 181 Å². The van der Waals surface area contributed by atoms with Gasteiger partial charge in [0.1, 0.15) is 18.7 Å². The lowest BCUT2D eigenvalue weighted by Crippen LogP contribution is -2.56. The van der Waals surface area contributed by atoms with Crippen molar-refractivity contribution in [2.24, 2.45) is 23.7 Å². The Balaban J connectivity index is 1.24. The van der Waals surface area contributed by atoms with E-state index in [1.54, 1.807) is 89.9 Å². The molecule has 0 aliphatic carbocycles. The molecule has 2 aliphatic rings. The van der Waals surface area contributed by atoms with Crippen molar-refractivity contribution < 1.29 is 67.3 Å². The molecule has 6 N–H and O–H groups in total. The van der Waals surface area contributed by atoms with E-state index in [2.05, 4.69) is 26.6 Å². The predicted octanol–water partition coefficient (Wildman–Crippen LogP) is 4.46. The molecule has 2 aromatic carbocycles. The molecule has 2 aromatic rings. The SMILES string of the molecule is CC[C@H](C)C([C@@H](CC(=O)N1CCC[C@H]1[C@H](OC)[C@@H](C)C(=O)N[C@H](C)[C@@H](O)c1ccccc1)OC)N(C)C(=O)CNC(=O)C(C(C)C)N(C)C(=O)OCc1ccc(NC(=O)CNC(=O)C(NC(=O)CCCCCN2C(=O)CCC2=O)C(C)C)cc1. The minimum Gasteiger partial charge on any atom is -0.445 e. The number of hydrogen-bond acceptors (Lipinski definition) is 14. The minimum atomic E-state index is -1.03. The summed E-state index contributed by atoms with van der Waals surface area (Å²) >= 11 is 0. The zero-order chi connectivity index (χ0) is 62.4. The first-order valence-electron chi connectivity index (χ1n) is 29.5. The Kier molecular flexibility index (Phi) is 28.2. The molecular weight excluding hydrogens is 1080 g/mol. The van der Waals surface area contributed by atoms with Gasteiger partial charge >= 0.3 is 6.09 Å². The van der Waals surface area contributed by atoms with Gasteiger partial charge in [0.2, 0.25) is 53.2 Å². The van der Waals surface area contributed by atoms with Crippen LogP contribution in [0.15, 0.2) is 54.6 Å². The quantitative estimate of drug-likeness (QED) is 0.0425. The Morgan fingerprint density at radius 3 is 1.98 bits per heavy atom. The van der Waals surface area contributed by atoms with E-state index in [-0.39, 0.29) is 80.2 Å². The molecule has 3 unspecified atom stereocenters. The summed E-state index contributed by atoms with van der Waals surface area (Å²) in [6.07, 6.45) is 1.10. The van der Waals surface area contributed by atoms with Gasteiger partial charge in [0.05, 0.1) is 61.9 Å². The van der Waals surface area contributed by atoms with Gasteiger partial charge in [-0.15, -0.1) is 0 Å². The third kappa shape index (κ3) is 20.1. The second-order valence-corrected chi connectivity index (χ2v) is 22.9. The van der Waals surface area contributed by atoms with Crippen LogP contribution in [0.5, 0.6) is 0 Å². The highest BCUT2D eigenvalue weighted by Crippen LogP contribution is 2.30. The van der Waals surface area contributed by atoms with Crippen molar-refractivity contribution in [2.45, 2.75) is 175 Å². The lowest BCUT2D eigenvalue weighted by atomic mass is 9.90. The van der Waals surface area contributed by atoms with Gasteiger partial charge in [-0.05, 0) is 73.6 Å². The molecule has 23 nitrogen and oxygen atoms in total. The van der Waals surface area contributed by atoms with E-state index >= 15 is 0 Å². The van der Waals surface area contributed by atoms with Crippen LogP contribution in [0.1, 0.15) is 137 Å². The number of benzene rings is 2. The molecule has 2 saturated heterocycles. The number of likely N-dealkylation sites (N-methyl/N-ethyl adjacent to an activating group) is 2. The third-order valence-corrected chi connectivity index (χ3v) is 16.0. The molecular formula is C61H93N9O14. The van der Waals surface area contributed by atoms with E-state index in [0.717, 1.165) is 4.90 Å². The van der Waals surface area contributed by atoms with Gasteiger partial charge in [-0.2, -0.15) is 0 Å². The molecule has 23 heteroatoms. The molecule has 2 aliphatic heterocycles. The largest absolute Gasteiger partial charge is 0.445 e. The molecule has 10 atom stereocenters. The number of imide groups is 1. The van der Waals surface area contributed by atoms with Crippen LogP contribution in [0.2, 0.25) is 0 Å². The number of aliphatic hydroxyl groups excluding tert-OH is 1. The number of carbonyl (C=O) groups excluding carboxylic acids is 10. The van der Waals surface area contributed by atoms with Gasteiger partial charge in [0, 0.05) is 66.4 Å². The summed E-state index contributed by atoms with van der Waals surface area (Å²) in [7, 11) is 6.04. The fourth-order valence-electron chi connectivity index (χ4n) is 10.9. The second-order valence-electron chi connectivity index (χ2n) is 22.9. The molecule has 84 heavy (non-hydrogen) atoms. The molecule has 0 radical (unpaired) electrons. The number of nitrogens with zero attached hydrogens (tertiary/aromatic N) is 4. The van der Waals surface area contributed by atoms with Crippen LogP contribution in [0, 0.1) is 23.7 Å². The molecule has 0 bridgehead atoms. The number of hydrogen-bond donors (Lipinski definition) is 6. The Hall–Kier alpha value is -6.98. The molecule has 0 aromatic heterocycles. The van der Waals surface area contributed by atoms with Gasteiger partial charge in [-0.3, -0.25) is 53.0 Å². The number of methoxy groups -OCH3 is 2. The summed E-state index contributed by atoms with van der Waals surface area (Å²) in [4.78, 5) is 137. The van der Waals surface area contributed by atoms with Crippen LogP contribution in [0.4, 0.5) is 10.5 Å². The van der Waals surface area contributed by atoms with Crippen molar-refractivity contribution in [3.8, 4) is 0 Å². The van der Waals surface area contributed by atoms with Crippen LogP contribution in [0.3, 0.4) is 0 Å². The van der Waals surface area contributed by atoms with E-state index in [9.17, 15) is 53.1 Å². The number of ether oxygens (including phenoxy) is 3. The number of nitrogens with one attached hydrogen (secondary N) is 5. The van der Waals surface area contributed by atoms with Gasteiger partial charge in [-0.1, -0.05) is 104 Å². The van der Waals surface area contributed by atoms with Crippen molar-refractivity contribution >= 4 is 64.9 Å². The van der Waals surface area contributed by atoms with Gasteiger partial charge in [0.25, 0.3) is 0 Å². The highest BCUT2D eigenvalue weighted by Gasteiger charge is 2.43. The zero-order valence-corrected chi connectivity index (χ0v) is 51.3. The number of aliphatic hydroxyl groups is 1. The Labute approximate surface area is 495 Å². The number of carbonyl (C=O) groups is 10. The minimum absolute atomic E-state index is 0.0705. The van der Waals surface area contributed by atoms with E-state index in [4.69, 9.17) is 14.2 Å². The van der Waals surface area contributed by atoms with Gasteiger partial charge in [0.15, 0.2) is 0 Å². The standard InChI is InChI=1S/C61H93N9O14/c1-13-39(6)55(46(82-11)33-51(75)69-32-20-23-45(69)57(83-12)40(7)58(78)64-41(8)56(77)43-21-16-14-17-22-43)67(9)52(76)35-63-60(80)54(38(4)5)68(10)61(81)84-36-42-25-27-44(28-26-42)65-48(72)34-62-59(79)53(37(2)3)66-47(71)24-18-15-19-31-70-49(73)29-30-50(70)74/h14,16-17,21-22,25-28,37-41,45-46,53-57,77H,13,15,18-20,23-24,29-36H2,1-12H3,(H,62,79)(H,63,80)(H,64,78)(H,65,72)(H,66,71)/t39-,40+,41+,45-,46+,53?,54?,55?,56+,57+/m0/s1. The van der Waals surface area contributed by atoms with Gasteiger partial charge < -0.3 is 55.7 Å². The lowest BCUT2D eigenvalue weighted by molar-refractivity contribution is -0.146. The molecule has 0 saturated carbocycles. The molecule has 0 spiro atoms. The van der Waals surface area contributed by atoms with Crippen LogP contribution < -0.4 is 26.6 Å². The van der Waals surface area contributed by atoms with Gasteiger partial charge in [-0.25, -0.2) is 4.79 Å². The first-order chi connectivity index (χ1) is 39.8. The topological polar surface area (TPSA) is 292 Å². The Morgan fingerprint density at radius 1 is 0.738 bits per heavy atom.